The van der Waals surface area contributed by atoms with Gasteiger partial charge in [0.1, 0.15) is 6.54 Å². The molecule has 0 atom stereocenters. The molecule has 1 aromatic heterocycles. The van der Waals surface area contributed by atoms with Crippen molar-refractivity contribution >= 4 is 50.7 Å². The fourth-order valence-corrected chi connectivity index (χ4v) is 3.05. The maximum absolute atomic E-state index is 12.3. The molecule has 3 rings (SSSR count). The van der Waals surface area contributed by atoms with Crippen molar-refractivity contribution in [1.82, 2.24) is 4.57 Å². The summed E-state index contributed by atoms with van der Waals surface area (Å²) in [5, 5.41) is 3.55. The second-order valence-corrected chi connectivity index (χ2v) is 6.52. The van der Waals surface area contributed by atoms with Crippen LogP contribution >= 0.6 is 15.9 Å². The van der Waals surface area contributed by atoms with Crippen LogP contribution in [0, 0.1) is 0 Å². The number of benzene rings is 2. The molecule has 1 amide bonds. The average Bonchev–Trinajstić information content (AvgIpc) is 2.98. The number of ether oxygens (including phenoxy) is 1. The molecule has 0 spiro atoms. The van der Waals surface area contributed by atoms with Gasteiger partial charge in [-0.1, -0.05) is 15.9 Å². The van der Waals surface area contributed by atoms with Crippen LogP contribution in [0.5, 0.6) is 0 Å². The molecule has 7 heteroatoms. The van der Waals surface area contributed by atoms with Gasteiger partial charge in [-0.15, -0.1) is 0 Å². The van der Waals surface area contributed by atoms with Gasteiger partial charge >= 0.3 is 5.97 Å². The number of anilines is 1. The van der Waals surface area contributed by atoms with Crippen molar-refractivity contribution in [3.05, 3.63) is 64.3 Å². The molecule has 0 aliphatic rings. The second-order valence-electron chi connectivity index (χ2n) is 5.61. The highest BCUT2D eigenvalue weighted by Crippen LogP contribution is 2.24. The first-order valence-corrected chi connectivity index (χ1v) is 8.53. The molecule has 2 aromatic carbocycles. The summed E-state index contributed by atoms with van der Waals surface area (Å²) in [5.74, 6) is -0.678. The van der Waals surface area contributed by atoms with Crippen LogP contribution in [-0.4, -0.2) is 29.8 Å². The van der Waals surface area contributed by atoms with Crippen molar-refractivity contribution in [2.45, 2.75) is 6.54 Å². The van der Waals surface area contributed by atoms with Gasteiger partial charge in [-0.05, 0) is 42.5 Å². The van der Waals surface area contributed by atoms with Crippen LogP contribution in [0.25, 0.3) is 10.9 Å². The third kappa shape index (κ3) is 3.67. The summed E-state index contributed by atoms with van der Waals surface area (Å²) in [7, 11) is 1.31. The molecule has 0 fully saturated rings. The Morgan fingerprint density at radius 3 is 2.58 bits per heavy atom. The Labute approximate surface area is 157 Å². The van der Waals surface area contributed by atoms with Crippen molar-refractivity contribution in [3.8, 4) is 0 Å². The largest absolute Gasteiger partial charge is 0.465 e. The van der Waals surface area contributed by atoms with Gasteiger partial charge in [-0.25, -0.2) is 4.79 Å². The van der Waals surface area contributed by atoms with E-state index in [1.807, 2.05) is 18.2 Å². The monoisotopic (exact) mass is 414 g/mol. The van der Waals surface area contributed by atoms with Gasteiger partial charge in [0.2, 0.25) is 5.91 Å². The van der Waals surface area contributed by atoms with Crippen LogP contribution in [-0.2, 0) is 16.1 Å². The highest BCUT2D eigenvalue weighted by Gasteiger charge is 2.12. The van der Waals surface area contributed by atoms with Crippen LogP contribution in [0.15, 0.2) is 53.1 Å². The number of aldehydes is 1. The minimum Gasteiger partial charge on any atom is -0.465 e. The van der Waals surface area contributed by atoms with Gasteiger partial charge in [0.05, 0.1) is 12.7 Å². The van der Waals surface area contributed by atoms with E-state index >= 15 is 0 Å². The molecule has 26 heavy (non-hydrogen) atoms. The van der Waals surface area contributed by atoms with E-state index in [9.17, 15) is 14.4 Å². The molecule has 0 aliphatic heterocycles. The number of hydrogen-bond donors (Lipinski definition) is 1. The summed E-state index contributed by atoms with van der Waals surface area (Å²) in [4.78, 5) is 35.0. The smallest absolute Gasteiger partial charge is 0.337 e. The fraction of sp³-hybridized carbons (Fsp3) is 0.105. The first-order chi connectivity index (χ1) is 12.5. The topological polar surface area (TPSA) is 77.4 Å². The standard InChI is InChI=1S/C19H15BrN2O4/c1-26-19(25)12-2-5-15(6-3-12)21-18(24)10-22-9-13(11-23)16-8-14(20)4-7-17(16)22/h2-9,11H,10H2,1H3,(H,21,24). The number of amides is 1. The van der Waals surface area contributed by atoms with Gasteiger partial charge in [-0.3, -0.25) is 9.59 Å². The van der Waals surface area contributed by atoms with Crippen LogP contribution in [0.4, 0.5) is 5.69 Å². The fourth-order valence-electron chi connectivity index (χ4n) is 2.68. The number of hydrogen-bond acceptors (Lipinski definition) is 4. The SMILES string of the molecule is COC(=O)c1ccc(NC(=O)Cn2cc(C=O)c3cc(Br)ccc32)cc1. The van der Waals surface area contributed by atoms with E-state index in [0.29, 0.717) is 16.8 Å². The van der Waals surface area contributed by atoms with Crippen molar-refractivity contribution in [1.29, 1.82) is 0 Å². The summed E-state index contributed by atoms with van der Waals surface area (Å²) >= 11 is 3.38. The van der Waals surface area contributed by atoms with E-state index in [4.69, 9.17) is 0 Å². The molecule has 0 saturated heterocycles. The summed E-state index contributed by atoms with van der Waals surface area (Å²) in [6, 6.07) is 12.0. The summed E-state index contributed by atoms with van der Waals surface area (Å²) in [6.45, 7) is 0.0602. The zero-order chi connectivity index (χ0) is 18.7. The minimum atomic E-state index is -0.436. The molecule has 0 unspecified atom stereocenters. The molecule has 1 N–H and O–H groups in total. The Bertz CT molecular complexity index is 993. The number of carbonyl (C=O) groups excluding carboxylic acids is 3. The Hall–Kier alpha value is -2.93. The molecule has 1 heterocycles. The number of fused-ring (bicyclic) bond motifs is 1. The molecule has 0 bridgehead atoms. The number of esters is 1. The highest BCUT2D eigenvalue weighted by atomic mass is 79.9. The Balaban J connectivity index is 1.77. The zero-order valence-electron chi connectivity index (χ0n) is 13.9. The Morgan fingerprint density at radius 1 is 1.19 bits per heavy atom. The third-order valence-electron chi connectivity index (χ3n) is 3.90. The number of aromatic nitrogens is 1. The molecular formula is C19H15BrN2O4. The number of rotatable bonds is 5. The summed E-state index contributed by atoms with van der Waals surface area (Å²) < 4.78 is 7.22. The lowest BCUT2D eigenvalue weighted by molar-refractivity contribution is -0.116. The molecule has 132 valence electrons. The van der Waals surface area contributed by atoms with Crippen LogP contribution in [0.1, 0.15) is 20.7 Å². The predicted molar refractivity (Wildman–Crippen MR) is 101 cm³/mol. The van der Waals surface area contributed by atoms with Crippen molar-refractivity contribution in [3.63, 3.8) is 0 Å². The van der Waals surface area contributed by atoms with Gasteiger partial charge in [0.25, 0.3) is 0 Å². The maximum atomic E-state index is 12.3. The third-order valence-corrected chi connectivity index (χ3v) is 4.40. The second kappa shape index (κ2) is 7.53. The lowest BCUT2D eigenvalue weighted by atomic mass is 10.2. The molecule has 3 aromatic rings. The quantitative estimate of drug-likeness (QED) is 0.510. The van der Waals surface area contributed by atoms with Gasteiger partial charge in [0.15, 0.2) is 6.29 Å². The summed E-state index contributed by atoms with van der Waals surface area (Å²) in [6.07, 6.45) is 2.43. The van der Waals surface area contributed by atoms with Gasteiger partial charge in [-0.2, -0.15) is 0 Å². The van der Waals surface area contributed by atoms with E-state index in [1.165, 1.54) is 7.11 Å². The highest BCUT2D eigenvalue weighted by molar-refractivity contribution is 9.10. The van der Waals surface area contributed by atoms with E-state index in [1.54, 1.807) is 35.0 Å². The molecular weight excluding hydrogens is 400 g/mol. The Kier molecular flexibility index (Phi) is 5.18. The van der Waals surface area contributed by atoms with Gasteiger partial charge < -0.3 is 14.6 Å². The number of nitrogens with zero attached hydrogens (tertiary/aromatic N) is 1. The molecule has 0 aliphatic carbocycles. The average molecular weight is 415 g/mol. The first-order valence-electron chi connectivity index (χ1n) is 7.73. The van der Waals surface area contributed by atoms with Crippen molar-refractivity contribution in [2.75, 3.05) is 12.4 Å². The van der Waals surface area contributed by atoms with Crippen LogP contribution in [0.3, 0.4) is 0 Å². The lowest BCUT2D eigenvalue weighted by Gasteiger charge is -2.08. The summed E-state index contributed by atoms with van der Waals surface area (Å²) in [5.41, 5.74) is 2.29. The lowest BCUT2D eigenvalue weighted by Crippen LogP contribution is -2.18. The van der Waals surface area contributed by atoms with Crippen molar-refractivity contribution in [2.24, 2.45) is 0 Å². The molecule has 6 nitrogen and oxygen atoms in total. The number of carbonyl (C=O) groups is 3. The maximum Gasteiger partial charge on any atom is 0.337 e. The van der Waals surface area contributed by atoms with E-state index < -0.39 is 5.97 Å². The minimum absolute atomic E-state index is 0.0602. The first kappa shape index (κ1) is 17.9. The number of methoxy groups -OCH3 is 1. The zero-order valence-corrected chi connectivity index (χ0v) is 15.4. The van der Waals surface area contributed by atoms with Crippen LogP contribution in [0.2, 0.25) is 0 Å². The van der Waals surface area contributed by atoms with Crippen LogP contribution < -0.4 is 5.32 Å². The predicted octanol–water partition coefficient (Wildman–Crippen LogP) is 3.64. The Morgan fingerprint density at radius 2 is 1.92 bits per heavy atom. The van der Waals surface area contributed by atoms with E-state index in [0.717, 1.165) is 21.7 Å². The molecule has 0 saturated carbocycles. The number of halogens is 1. The van der Waals surface area contributed by atoms with Gasteiger partial charge in [0, 0.05) is 32.8 Å². The number of nitrogens with one attached hydrogen (secondary N) is 1. The van der Waals surface area contributed by atoms with E-state index in [2.05, 4.69) is 26.0 Å². The van der Waals surface area contributed by atoms with Crippen molar-refractivity contribution < 1.29 is 19.1 Å². The molecule has 0 radical (unpaired) electrons. The normalized spacial score (nSPS) is 10.5. The van der Waals surface area contributed by atoms with E-state index in [-0.39, 0.29) is 12.5 Å².